The number of ether oxygens (including phenoxy) is 1. The highest BCUT2D eigenvalue weighted by molar-refractivity contribution is 9.10. The molecule has 86 valence electrons. The molecule has 0 atom stereocenters. The van der Waals surface area contributed by atoms with Crippen molar-refractivity contribution in [1.82, 2.24) is 0 Å². The Morgan fingerprint density at radius 2 is 2.31 bits per heavy atom. The van der Waals surface area contributed by atoms with Crippen LogP contribution in [-0.2, 0) is 16.1 Å². The molecule has 1 aromatic carbocycles. The quantitative estimate of drug-likeness (QED) is 0.690. The van der Waals surface area contributed by atoms with E-state index < -0.39 is 5.97 Å². The van der Waals surface area contributed by atoms with Gasteiger partial charge in [0.1, 0.15) is 6.61 Å². The van der Waals surface area contributed by atoms with Gasteiger partial charge in [-0.05, 0) is 40.5 Å². The number of esters is 1. The van der Waals surface area contributed by atoms with Crippen LogP contribution in [-0.4, -0.2) is 5.97 Å². The van der Waals surface area contributed by atoms with Crippen LogP contribution in [0.4, 0.5) is 0 Å². The number of nitrogens with two attached hydrogens (primary N) is 1. The number of rotatable bonds is 3. The predicted molar refractivity (Wildman–Crippen MR) is 66.9 cm³/mol. The van der Waals surface area contributed by atoms with E-state index in [1.807, 2.05) is 6.07 Å². The van der Waals surface area contributed by atoms with Gasteiger partial charge in [0.15, 0.2) is 0 Å². The highest BCUT2D eigenvalue weighted by Crippen LogP contribution is 2.23. The molecule has 16 heavy (non-hydrogen) atoms. The lowest BCUT2D eigenvalue weighted by molar-refractivity contribution is -0.139. The topological polar surface area (TPSA) is 52.3 Å². The van der Waals surface area contributed by atoms with Gasteiger partial charge in [-0.3, -0.25) is 0 Å². The van der Waals surface area contributed by atoms with Crippen molar-refractivity contribution >= 4 is 33.5 Å². The van der Waals surface area contributed by atoms with Gasteiger partial charge in [-0.25, -0.2) is 4.79 Å². The first-order chi connectivity index (χ1) is 7.49. The summed E-state index contributed by atoms with van der Waals surface area (Å²) in [6, 6.07) is 5.36. The number of carbonyl (C=O) groups is 1. The number of hydrogen-bond acceptors (Lipinski definition) is 3. The third kappa shape index (κ3) is 4.24. The molecule has 0 spiro atoms. The molecule has 0 saturated heterocycles. The third-order valence-electron chi connectivity index (χ3n) is 1.71. The molecule has 0 aliphatic carbocycles. The fourth-order valence-corrected chi connectivity index (χ4v) is 1.46. The first-order valence-corrected chi connectivity index (χ1v) is 5.70. The van der Waals surface area contributed by atoms with Crippen molar-refractivity contribution in [3.63, 3.8) is 0 Å². The highest BCUT2D eigenvalue weighted by Gasteiger charge is 2.02. The summed E-state index contributed by atoms with van der Waals surface area (Å²) in [7, 11) is 0. The van der Waals surface area contributed by atoms with Gasteiger partial charge in [0.2, 0.25) is 0 Å². The molecule has 0 bridgehead atoms. The molecule has 3 nitrogen and oxygen atoms in total. The fraction of sp³-hybridized carbons (Fsp3) is 0.182. The first kappa shape index (κ1) is 13.1. The average molecular weight is 305 g/mol. The second kappa shape index (κ2) is 5.92. The maximum atomic E-state index is 11.2. The molecule has 0 aromatic heterocycles. The molecule has 0 radical (unpaired) electrons. The van der Waals surface area contributed by atoms with E-state index in [0.717, 1.165) is 10.0 Å². The molecule has 5 heteroatoms. The maximum Gasteiger partial charge on any atom is 0.332 e. The molecule has 0 aliphatic rings. The molecule has 0 amide bonds. The third-order valence-corrected chi connectivity index (χ3v) is 2.94. The number of allylic oxidation sites excluding steroid dienone is 1. The Morgan fingerprint density at radius 1 is 1.62 bits per heavy atom. The van der Waals surface area contributed by atoms with E-state index >= 15 is 0 Å². The molecule has 0 unspecified atom stereocenters. The SMILES string of the molecule is C/C(N)=C/C(=O)OCc1ccc(Br)c(Cl)c1. The van der Waals surface area contributed by atoms with E-state index in [4.69, 9.17) is 22.1 Å². The minimum absolute atomic E-state index is 0.176. The van der Waals surface area contributed by atoms with Crippen LogP contribution in [0.15, 0.2) is 34.4 Å². The fourth-order valence-electron chi connectivity index (χ4n) is 1.01. The number of benzene rings is 1. The Hall–Kier alpha value is -1.000. The van der Waals surface area contributed by atoms with Crippen LogP contribution in [0.3, 0.4) is 0 Å². The van der Waals surface area contributed by atoms with Crippen LogP contribution >= 0.6 is 27.5 Å². The van der Waals surface area contributed by atoms with E-state index in [1.54, 1.807) is 19.1 Å². The largest absolute Gasteiger partial charge is 0.458 e. The summed E-state index contributed by atoms with van der Waals surface area (Å²) in [5.41, 5.74) is 6.58. The van der Waals surface area contributed by atoms with Gasteiger partial charge in [-0.15, -0.1) is 0 Å². The number of carbonyl (C=O) groups excluding carboxylic acids is 1. The van der Waals surface area contributed by atoms with Crippen molar-refractivity contribution in [2.24, 2.45) is 5.73 Å². The van der Waals surface area contributed by atoms with Gasteiger partial charge >= 0.3 is 5.97 Å². The van der Waals surface area contributed by atoms with E-state index in [1.165, 1.54) is 6.08 Å². The zero-order chi connectivity index (χ0) is 12.1. The molecule has 1 aromatic rings. The molecule has 0 aliphatic heterocycles. The van der Waals surface area contributed by atoms with Gasteiger partial charge in [0, 0.05) is 16.2 Å². The second-order valence-electron chi connectivity index (χ2n) is 3.24. The molecule has 1 rings (SSSR count). The molecule has 0 heterocycles. The normalized spacial score (nSPS) is 11.3. The van der Waals surface area contributed by atoms with Crippen molar-refractivity contribution in [3.8, 4) is 0 Å². The maximum absolute atomic E-state index is 11.2. The van der Waals surface area contributed by atoms with Crippen molar-refractivity contribution in [2.45, 2.75) is 13.5 Å². The Bertz CT molecular complexity index is 428. The van der Waals surface area contributed by atoms with Crippen LogP contribution in [0.2, 0.25) is 5.02 Å². The summed E-state index contributed by atoms with van der Waals surface area (Å²) in [6.45, 7) is 1.80. The second-order valence-corrected chi connectivity index (χ2v) is 4.51. The summed E-state index contributed by atoms with van der Waals surface area (Å²) in [5, 5.41) is 0.582. The van der Waals surface area contributed by atoms with E-state index in [2.05, 4.69) is 15.9 Å². The molecular formula is C11H11BrClNO2. The van der Waals surface area contributed by atoms with E-state index in [9.17, 15) is 4.79 Å². The van der Waals surface area contributed by atoms with Crippen LogP contribution in [0.1, 0.15) is 12.5 Å². The zero-order valence-corrected chi connectivity index (χ0v) is 11.0. The average Bonchev–Trinajstić information content (AvgIpc) is 2.19. The molecule has 0 saturated carbocycles. The lowest BCUT2D eigenvalue weighted by Gasteiger charge is -2.04. The summed E-state index contributed by atoms with van der Waals surface area (Å²) in [5.74, 6) is -0.459. The van der Waals surface area contributed by atoms with Gasteiger partial charge in [-0.1, -0.05) is 17.7 Å². The lowest BCUT2D eigenvalue weighted by Crippen LogP contribution is -2.04. The minimum Gasteiger partial charge on any atom is -0.458 e. The number of halogens is 2. The molecule has 2 N–H and O–H groups in total. The minimum atomic E-state index is -0.459. The van der Waals surface area contributed by atoms with Crippen molar-refractivity contribution in [1.29, 1.82) is 0 Å². The van der Waals surface area contributed by atoms with Crippen molar-refractivity contribution < 1.29 is 9.53 Å². The molecule has 0 fully saturated rings. The van der Waals surface area contributed by atoms with Gasteiger partial charge in [0.05, 0.1) is 5.02 Å². The van der Waals surface area contributed by atoms with E-state index in [-0.39, 0.29) is 6.61 Å². The molecular weight excluding hydrogens is 293 g/mol. The van der Waals surface area contributed by atoms with E-state index in [0.29, 0.717) is 10.7 Å². The predicted octanol–water partition coefficient (Wildman–Crippen LogP) is 3.01. The van der Waals surface area contributed by atoms with Gasteiger partial charge in [-0.2, -0.15) is 0 Å². The Morgan fingerprint density at radius 3 is 2.88 bits per heavy atom. The Kier molecular flexibility index (Phi) is 4.83. The Labute approximate surface area is 107 Å². The van der Waals surface area contributed by atoms with Crippen LogP contribution < -0.4 is 5.73 Å². The number of hydrogen-bond donors (Lipinski definition) is 1. The lowest BCUT2D eigenvalue weighted by atomic mass is 10.2. The van der Waals surface area contributed by atoms with Crippen LogP contribution in [0, 0.1) is 0 Å². The van der Waals surface area contributed by atoms with Crippen LogP contribution in [0.25, 0.3) is 0 Å². The van der Waals surface area contributed by atoms with Gasteiger partial charge in [0.25, 0.3) is 0 Å². The highest BCUT2D eigenvalue weighted by atomic mass is 79.9. The summed E-state index contributed by atoms with van der Waals surface area (Å²) in [6.07, 6.45) is 1.24. The monoisotopic (exact) mass is 303 g/mol. The first-order valence-electron chi connectivity index (χ1n) is 4.53. The smallest absolute Gasteiger partial charge is 0.332 e. The van der Waals surface area contributed by atoms with Gasteiger partial charge < -0.3 is 10.5 Å². The van der Waals surface area contributed by atoms with Crippen molar-refractivity contribution in [3.05, 3.63) is 45.0 Å². The zero-order valence-electron chi connectivity index (χ0n) is 8.67. The standard InChI is InChI=1S/C11H11BrClNO2/c1-7(14)4-11(15)16-6-8-2-3-9(12)10(13)5-8/h2-5H,6,14H2,1H3/b7-4-. The summed E-state index contributed by atoms with van der Waals surface area (Å²) >= 11 is 9.17. The summed E-state index contributed by atoms with van der Waals surface area (Å²) < 4.78 is 5.77. The van der Waals surface area contributed by atoms with Crippen LogP contribution in [0.5, 0.6) is 0 Å². The summed E-state index contributed by atoms with van der Waals surface area (Å²) in [4.78, 5) is 11.2. The Balaban J connectivity index is 2.58. The van der Waals surface area contributed by atoms with Crippen molar-refractivity contribution in [2.75, 3.05) is 0 Å².